The maximum Gasteiger partial charge on any atom is 0.322 e. The molecular weight excluding hydrogens is 580 g/mol. The Morgan fingerprint density at radius 2 is 1.50 bits per heavy atom. The lowest BCUT2D eigenvalue weighted by Crippen LogP contribution is -2.63. The minimum atomic E-state index is -3.42. The van der Waals surface area contributed by atoms with Gasteiger partial charge in [0.15, 0.2) is 0 Å². The van der Waals surface area contributed by atoms with E-state index in [2.05, 4.69) is 39.4 Å². The molecule has 12 heteroatoms. The molecule has 1 saturated heterocycles. The average molecular weight is 623 g/mol. The number of primary amides is 1. The van der Waals surface area contributed by atoms with Gasteiger partial charge in [-0.05, 0) is 86.3 Å². The van der Waals surface area contributed by atoms with E-state index in [-0.39, 0.29) is 35.8 Å². The van der Waals surface area contributed by atoms with Crippen molar-refractivity contribution in [1.82, 2.24) is 9.62 Å². The number of sulfonamides is 1. The molecule has 2 aliphatic heterocycles. The molecule has 2 aromatic rings. The van der Waals surface area contributed by atoms with Crippen LogP contribution in [0.2, 0.25) is 0 Å². The number of nitrogens with two attached hydrogens (primary N) is 1. The largest absolute Gasteiger partial charge is 0.395 e. The van der Waals surface area contributed by atoms with Crippen LogP contribution in [0, 0.1) is 23.2 Å². The van der Waals surface area contributed by atoms with Crippen LogP contribution >= 0.6 is 0 Å². The van der Waals surface area contributed by atoms with Crippen LogP contribution in [0.3, 0.4) is 0 Å². The summed E-state index contributed by atoms with van der Waals surface area (Å²) in [4.78, 5) is 32.4. The van der Waals surface area contributed by atoms with Gasteiger partial charge in [0.25, 0.3) is 0 Å². The Morgan fingerprint density at radius 1 is 0.864 bits per heavy atom. The van der Waals surface area contributed by atoms with Crippen LogP contribution in [0.1, 0.15) is 32.1 Å². The molecule has 4 aliphatic carbocycles. The van der Waals surface area contributed by atoms with Crippen LogP contribution in [-0.4, -0.2) is 87.4 Å². The molecule has 5 fully saturated rings. The summed E-state index contributed by atoms with van der Waals surface area (Å²) in [6.45, 7) is 2.81. The van der Waals surface area contributed by atoms with Crippen LogP contribution in [0.15, 0.2) is 48.5 Å². The second kappa shape index (κ2) is 11.2. The molecule has 0 radical (unpaired) electrons. The zero-order chi connectivity index (χ0) is 30.6. The number of benzene rings is 2. The van der Waals surface area contributed by atoms with E-state index in [1.165, 1.54) is 4.31 Å². The lowest BCUT2D eigenvalue weighted by molar-refractivity contribution is -0.145. The van der Waals surface area contributed by atoms with Crippen LogP contribution < -0.4 is 25.8 Å². The van der Waals surface area contributed by atoms with Gasteiger partial charge in [-0.2, -0.15) is 4.31 Å². The number of urea groups is 1. The number of aliphatic hydroxyl groups excluding tert-OH is 1. The van der Waals surface area contributed by atoms with Gasteiger partial charge in [-0.3, -0.25) is 9.69 Å². The summed E-state index contributed by atoms with van der Waals surface area (Å²) in [6, 6.07) is 16.3. The van der Waals surface area contributed by atoms with Crippen LogP contribution in [0.5, 0.6) is 0 Å². The number of piperazine rings is 1. The molecule has 236 valence electrons. The summed E-state index contributed by atoms with van der Waals surface area (Å²) in [5, 5.41) is 12.5. The van der Waals surface area contributed by atoms with Crippen molar-refractivity contribution < 1.29 is 23.1 Å². The SMILES string of the molecule is NC(=O)C12CC3C[C@H](C1)C(NC(=O)N1CCN(c4ccc(N5CCN(S(=O)(=O)CCO)CC5)cc4)c4ccccc41)[C@@H](C3)C2. The lowest BCUT2D eigenvalue weighted by Gasteiger charge is -2.59. The van der Waals surface area contributed by atoms with Gasteiger partial charge in [-0.25, -0.2) is 13.2 Å². The number of rotatable bonds is 7. The number of carbonyl (C=O) groups is 2. The fourth-order valence-electron chi connectivity index (χ4n) is 8.94. The first kappa shape index (κ1) is 29.4. The highest BCUT2D eigenvalue weighted by Crippen LogP contribution is 2.60. The molecule has 2 aromatic carbocycles. The first-order valence-corrected chi connectivity index (χ1v) is 17.5. The molecule has 3 unspecified atom stereocenters. The van der Waals surface area contributed by atoms with Crippen molar-refractivity contribution in [1.29, 1.82) is 0 Å². The molecule has 2 heterocycles. The number of hydrogen-bond acceptors (Lipinski definition) is 7. The molecule has 5 atom stereocenters. The number of anilines is 4. The van der Waals surface area contributed by atoms with Gasteiger partial charge in [0.1, 0.15) is 0 Å². The van der Waals surface area contributed by atoms with Gasteiger partial charge in [0.2, 0.25) is 15.9 Å². The monoisotopic (exact) mass is 622 g/mol. The fraction of sp³-hybridized carbons (Fsp3) is 0.562. The maximum absolute atomic E-state index is 13.8. The normalized spacial score (nSPS) is 29.9. The Morgan fingerprint density at radius 3 is 2.14 bits per heavy atom. The highest BCUT2D eigenvalue weighted by Gasteiger charge is 2.58. The molecule has 8 rings (SSSR count). The Balaban J connectivity index is 1.03. The smallest absolute Gasteiger partial charge is 0.322 e. The van der Waals surface area contributed by atoms with Gasteiger partial charge in [-0.15, -0.1) is 0 Å². The van der Waals surface area contributed by atoms with Crippen molar-refractivity contribution in [3.8, 4) is 0 Å². The summed E-state index contributed by atoms with van der Waals surface area (Å²) in [5.74, 6) is 0.757. The number of carbonyl (C=O) groups excluding carboxylic acids is 2. The van der Waals surface area contributed by atoms with E-state index in [0.29, 0.717) is 57.0 Å². The Labute approximate surface area is 259 Å². The number of fused-ring (bicyclic) bond motifs is 1. The Bertz CT molecular complexity index is 1510. The van der Waals surface area contributed by atoms with Gasteiger partial charge < -0.3 is 26.0 Å². The van der Waals surface area contributed by atoms with Gasteiger partial charge in [-0.1, -0.05) is 12.1 Å². The maximum atomic E-state index is 13.8. The highest BCUT2D eigenvalue weighted by atomic mass is 32.2. The number of aliphatic hydroxyl groups is 1. The zero-order valence-electron chi connectivity index (χ0n) is 25.0. The van der Waals surface area contributed by atoms with E-state index >= 15 is 0 Å². The molecule has 0 aromatic heterocycles. The third kappa shape index (κ3) is 5.10. The third-order valence-corrected chi connectivity index (χ3v) is 12.7. The van der Waals surface area contributed by atoms with Crippen molar-refractivity contribution in [2.75, 3.05) is 66.3 Å². The second-order valence-electron chi connectivity index (χ2n) is 13.3. The molecule has 6 aliphatic rings. The Hall–Kier alpha value is -3.35. The number of hydrogen-bond donors (Lipinski definition) is 3. The number of nitrogens with one attached hydrogen (secondary N) is 1. The molecule has 3 amide bonds. The summed E-state index contributed by atoms with van der Waals surface area (Å²) >= 11 is 0. The number of amides is 3. The van der Waals surface area contributed by atoms with Crippen LogP contribution in [-0.2, 0) is 14.8 Å². The highest BCUT2D eigenvalue weighted by molar-refractivity contribution is 7.89. The van der Waals surface area contributed by atoms with Crippen LogP contribution in [0.4, 0.5) is 27.5 Å². The van der Waals surface area contributed by atoms with E-state index in [1.54, 1.807) is 0 Å². The van der Waals surface area contributed by atoms with E-state index in [4.69, 9.17) is 10.8 Å². The zero-order valence-corrected chi connectivity index (χ0v) is 25.8. The first-order chi connectivity index (χ1) is 21.2. The summed E-state index contributed by atoms with van der Waals surface area (Å²) in [5.41, 5.74) is 9.41. The van der Waals surface area contributed by atoms with E-state index in [1.807, 2.05) is 29.2 Å². The second-order valence-corrected chi connectivity index (χ2v) is 15.4. The van der Waals surface area contributed by atoms with Crippen molar-refractivity contribution >= 4 is 44.7 Å². The third-order valence-electron chi connectivity index (χ3n) is 10.8. The molecule has 4 N–H and O–H groups in total. The minimum Gasteiger partial charge on any atom is -0.395 e. The molecule has 4 saturated carbocycles. The first-order valence-electron chi connectivity index (χ1n) is 15.9. The minimum absolute atomic E-state index is 0.0711. The van der Waals surface area contributed by atoms with E-state index < -0.39 is 10.0 Å². The predicted octanol–water partition coefficient (Wildman–Crippen LogP) is 2.48. The summed E-state index contributed by atoms with van der Waals surface area (Å²) in [7, 11) is -3.42. The van der Waals surface area contributed by atoms with Crippen molar-refractivity contribution in [3.63, 3.8) is 0 Å². The van der Waals surface area contributed by atoms with E-state index in [9.17, 15) is 18.0 Å². The molecule has 44 heavy (non-hydrogen) atoms. The summed E-state index contributed by atoms with van der Waals surface area (Å²) < 4.78 is 26.1. The molecule has 11 nitrogen and oxygen atoms in total. The lowest BCUT2D eigenvalue weighted by atomic mass is 9.47. The van der Waals surface area contributed by atoms with E-state index in [0.717, 1.165) is 54.9 Å². The standard InChI is InChI=1S/C32H42N6O5S/c33-30(40)32-19-22-17-23(20-32)29(24(18-22)21-32)34-31(41)38-14-13-37(27-3-1-2-4-28(27)38)26-7-5-25(6-8-26)35-9-11-36(12-10-35)44(42,43)16-15-39/h1-8,22-24,29,39H,9-21H2,(H2,33,40)(H,34,41)/t22?,23-,24+,29?,32?. The topological polar surface area (TPSA) is 140 Å². The fourth-order valence-corrected chi connectivity index (χ4v) is 10.1. The van der Waals surface area contributed by atoms with Gasteiger partial charge >= 0.3 is 6.03 Å². The predicted molar refractivity (Wildman–Crippen MR) is 169 cm³/mol. The van der Waals surface area contributed by atoms with Gasteiger partial charge in [0.05, 0.1) is 23.7 Å². The molecule has 4 bridgehead atoms. The molecular formula is C32H42N6O5S. The van der Waals surface area contributed by atoms with Crippen molar-refractivity contribution in [3.05, 3.63) is 48.5 Å². The summed E-state index contributed by atoms with van der Waals surface area (Å²) in [6.07, 6.45) is 4.63. The van der Waals surface area contributed by atoms with Crippen LogP contribution in [0.25, 0.3) is 0 Å². The number of nitrogens with zero attached hydrogens (tertiary/aromatic N) is 4. The van der Waals surface area contributed by atoms with Crippen molar-refractivity contribution in [2.45, 2.75) is 38.1 Å². The van der Waals surface area contributed by atoms with Gasteiger partial charge in [0, 0.05) is 62.1 Å². The van der Waals surface area contributed by atoms with Crippen molar-refractivity contribution in [2.24, 2.45) is 28.9 Å². The molecule has 0 spiro atoms. The Kier molecular flexibility index (Phi) is 7.49. The average Bonchev–Trinajstić information content (AvgIpc) is 3.02. The number of para-hydroxylation sites is 2. The quantitative estimate of drug-likeness (QED) is 0.431.